The first-order valence-corrected chi connectivity index (χ1v) is 5.44. The van der Waals surface area contributed by atoms with Crippen LogP contribution in [0.25, 0.3) is 0 Å². The van der Waals surface area contributed by atoms with Gasteiger partial charge in [0.25, 0.3) is 0 Å². The van der Waals surface area contributed by atoms with E-state index >= 15 is 0 Å². The summed E-state index contributed by atoms with van der Waals surface area (Å²) in [5.74, 6) is 0. The Morgan fingerprint density at radius 3 is 2.10 bits per heavy atom. The summed E-state index contributed by atoms with van der Waals surface area (Å²) in [6, 6.07) is 0.769. The molecule has 0 aromatic carbocycles. The standard InChI is InChI=1S/C6H11NO2S/c1-10(8,9)7-5-3-2-4-6(5)7/h5-6H,2-4H2,1H3/t5-,6+,7?. The first kappa shape index (κ1) is 6.61. The number of rotatable bonds is 1. The summed E-state index contributed by atoms with van der Waals surface area (Å²) >= 11 is 0. The first-order valence-electron chi connectivity index (χ1n) is 3.59. The highest BCUT2D eigenvalue weighted by atomic mass is 32.2. The third-order valence-corrected chi connectivity index (χ3v) is 3.70. The highest BCUT2D eigenvalue weighted by molar-refractivity contribution is 7.88. The molecule has 0 amide bonds. The molecule has 0 radical (unpaired) electrons. The highest BCUT2D eigenvalue weighted by Crippen LogP contribution is 2.43. The van der Waals surface area contributed by atoms with E-state index in [2.05, 4.69) is 0 Å². The molecule has 0 N–H and O–H groups in total. The van der Waals surface area contributed by atoms with Gasteiger partial charge in [0, 0.05) is 12.1 Å². The Balaban J connectivity index is 2.15. The second kappa shape index (κ2) is 1.74. The van der Waals surface area contributed by atoms with Crippen LogP contribution < -0.4 is 0 Å². The van der Waals surface area contributed by atoms with Crippen molar-refractivity contribution in [2.75, 3.05) is 6.26 Å². The van der Waals surface area contributed by atoms with Crippen LogP contribution >= 0.6 is 0 Å². The Labute approximate surface area is 61.1 Å². The molecule has 0 spiro atoms. The predicted molar refractivity (Wildman–Crippen MR) is 38.1 cm³/mol. The summed E-state index contributed by atoms with van der Waals surface area (Å²) in [5.41, 5.74) is 0. The molecule has 0 aromatic heterocycles. The molecular weight excluding hydrogens is 150 g/mol. The van der Waals surface area contributed by atoms with Crippen molar-refractivity contribution in [1.29, 1.82) is 0 Å². The lowest BCUT2D eigenvalue weighted by atomic mass is 10.3. The lowest BCUT2D eigenvalue weighted by Gasteiger charge is -2.02. The minimum Gasteiger partial charge on any atom is -0.212 e. The third kappa shape index (κ3) is 0.787. The van der Waals surface area contributed by atoms with Crippen molar-refractivity contribution in [3.63, 3.8) is 0 Å². The van der Waals surface area contributed by atoms with Crippen LogP contribution in [0.5, 0.6) is 0 Å². The Hall–Kier alpha value is -0.0900. The maximum atomic E-state index is 10.9. The van der Waals surface area contributed by atoms with Gasteiger partial charge in [-0.1, -0.05) is 6.42 Å². The molecule has 1 saturated carbocycles. The van der Waals surface area contributed by atoms with E-state index in [0.717, 1.165) is 12.8 Å². The molecule has 0 aromatic rings. The molecule has 3 atom stereocenters. The molecule has 3 nitrogen and oxygen atoms in total. The molecule has 10 heavy (non-hydrogen) atoms. The minimum absolute atomic E-state index is 0.384. The fourth-order valence-corrected chi connectivity index (χ4v) is 3.40. The van der Waals surface area contributed by atoms with Crippen molar-refractivity contribution in [2.24, 2.45) is 0 Å². The van der Waals surface area contributed by atoms with Crippen LogP contribution in [0.4, 0.5) is 0 Å². The molecule has 1 heterocycles. The number of piperidine rings is 1. The number of fused-ring (bicyclic) bond motifs is 1. The van der Waals surface area contributed by atoms with Gasteiger partial charge in [-0.3, -0.25) is 0 Å². The van der Waals surface area contributed by atoms with Crippen molar-refractivity contribution in [3.8, 4) is 0 Å². The van der Waals surface area contributed by atoms with Gasteiger partial charge in [-0.2, -0.15) is 4.31 Å². The van der Waals surface area contributed by atoms with Crippen LogP contribution in [0.15, 0.2) is 0 Å². The van der Waals surface area contributed by atoms with E-state index in [9.17, 15) is 8.42 Å². The SMILES string of the molecule is CS(=O)(=O)N1[C@@H]2CCC[C@@H]21. The largest absolute Gasteiger partial charge is 0.212 e. The number of sulfonamides is 1. The van der Waals surface area contributed by atoms with Gasteiger partial charge >= 0.3 is 0 Å². The zero-order valence-electron chi connectivity index (χ0n) is 5.95. The zero-order valence-corrected chi connectivity index (χ0v) is 6.76. The summed E-state index contributed by atoms with van der Waals surface area (Å²) in [6.45, 7) is 0. The molecule has 2 rings (SSSR count). The Kier molecular flexibility index (Phi) is 1.15. The van der Waals surface area contributed by atoms with E-state index in [-0.39, 0.29) is 0 Å². The van der Waals surface area contributed by atoms with Gasteiger partial charge in [-0.05, 0) is 12.8 Å². The normalized spacial score (nSPS) is 45.1. The van der Waals surface area contributed by atoms with Gasteiger partial charge in [-0.15, -0.1) is 0 Å². The van der Waals surface area contributed by atoms with Crippen molar-refractivity contribution in [2.45, 2.75) is 31.3 Å². The Morgan fingerprint density at radius 2 is 1.80 bits per heavy atom. The summed E-state index contributed by atoms with van der Waals surface area (Å²) in [5, 5.41) is 0. The fourth-order valence-electron chi connectivity index (χ4n) is 1.98. The molecule has 2 fully saturated rings. The molecule has 1 aliphatic heterocycles. The lowest BCUT2D eigenvalue weighted by molar-refractivity contribution is 0.523. The molecule has 1 saturated heterocycles. The Bertz CT molecular complexity index is 236. The maximum Gasteiger partial charge on any atom is 0.211 e. The molecule has 0 bridgehead atoms. The predicted octanol–water partition coefficient (Wildman–Crippen LogP) is 0.183. The Morgan fingerprint density at radius 1 is 1.30 bits per heavy atom. The van der Waals surface area contributed by atoms with Gasteiger partial charge < -0.3 is 0 Å². The van der Waals surface area contributed by atoms with E-state index in [1.54, 1.807) is 4.31 Å². The quantitative estimate of drug-likeness (QED) is 0.514. The lowest BCUT2D eigenvalue weighted by Crippen LogP contribution is -2.14. The maximum absolute atomic E-state index is 10.9. The van der Waals surface area contributed by atoms with Crippen molar-refractivity contribution < 1.29 is 8.42 Å². The van der Waals surface area contributed by atoms with Gasteiger partial charge in [0.1, 0.15) is 0 Å². The molecular formula is C6H11NO2S. The molecule has 1 unspecified atom stereocenters. The highest BCUT2D eigenvalue weighted by Gasteiger charge is 2.55. The van der Waals surface area contributed by atoms with Crippen molar-refractivity contribution in [1.82, 2.24) is 4.31 Å². The van der Waals surface area contributed by atoms with Crippen molar-refractivity contribution in [3.05, 3.63) is 0 Å². The van der Waals surface area contributed by atoms with Crippen LogP contribution in [-0.4, -0.2) is 31.1 Å². The van der Waals surface area contributed by atoms with Gasteiger partial charge in [0.2, 0.25) is 10.0 Å². The second-order valence-corrected chi connectivity index (χ2v) is 5.05. The van der Waals surface area contributed by atoms with E-state index in [4.69, 9.17) is 0 Å². The summed E-state index contributed by atoms with van der Waals surface area (Å²) in [7, 11) is -2.86. The van der Waals surface area contributed by atoms with Gasteiger partial charge in [0.05, 0.1) is 6.26 Å². The number of hydrogen-bond donors (Lipinski definition) is 0. The van der Waals surface area contributed by atoms with Crippen LogP contribution in [0.1, 0.15) is 19.3 Å². The van der Waals surface area contributed by atoms with Crippen molar-refractivity contribution >= 4 is 10.0 Å². The summed E-state index contributed by atoms with van der Waals surface area (Å²) in [6.07, 6.45) is 4.67. The smallest absolute Gasteiger partial charge is 0.211 e. The van der Waals surface area contributed by atoms with E-state index < -0.39 is 10.0 Å². The first-order chi connectivity index (χ1) is 4.61. The van der Waals surface area contributed by atoms with Crippen LogP contribution in [0.2, 0.25) is 0 Å². The molecule has 58 valence electrons. The van der Waals surface area contributed by atoms with Crippen LogP contribution in [0.3, 0.4) is 0 Å². The minimum atomic E-state index is -2.86. The molecule has 2 aliphatic rings. The zero-order chi connectivity index (χ0) is 7.35. The molecule has 4 heteroatoms. The summed E-state index contributed by atoms with van der Waals surface area (Å²) < 4.78 is 23.5. The van der Waals surface area contributed by atoms with Gasteiger partial charge in [-0.25, -0.2) is 8.42 Å². The second-order valence-electron chi connectivity index (χ2n) is 3.16. The number of hydrogen-bond acceptors (Lipinski definition) is 2. The van der Waals surface area contributed by atoms with Crippen LogP contribution in [0, 0.1) is 0 Å². The average Bonchev–Trinajstić information content (AvgIpc) is 2.30. The molecule has 1 aliphatic carbocycles. The third-order valence-electron chi connectivity index (χ3n) is 2.39. The topological polar surface area (TPSA) is 37.1 Å². The number of nitrogens with zero attached hydrogens (tertiary/aromatic N) is 1. The van der Waals surface area contributed by atoms with Gasteiger partial charge in [0.15, 0.2) is 0 Å². The van der Waals surface area contributed by atoms with E-state index in [1.165, 1.54) is 12.7 Å². The van der Waals surface area contributed by atoms with Crippen LogP contribution in [-0.2, 0) is 10.0 Å². The summed E-state index contributed by atoms with van der Waals surface area (Å²) in [4.78, 5) is 0. The van der Waals surface area contributed by atoms with E-state index in [1.807, 2.05) is 0 Å². The monoisotopic (exact) mass is 161 g/mol. The van der Waals surface area contributed by atoms with E-state index in [0.29, 0.717) is 12.1 Å². The average molecular weight is 161 g/mol. The fraction of sp³-hybridized carbons (Fsp3) is 1.00.